The molecule has 1 aromatic carbocycles. The summed E-state index contributed by atoms with van der Waals surface area (Å²) in [7, 11) is 0. The summed E-state index contributed by atoms with van der Waals surface area (Å²) in [6.45, 7) is 3.45. The van der Waals surface area contributed by atoms with Crippen molar-refractivity contribution in [2.75, 3.05) is 4.90 Å². The molecule has 2 aromatic rings. The van der Waals surface area contributed by atoms with Gasteiger partial charge in [-0.2, -0.15) is 0 Å². The van der Waals surface area contributed by atoms with E-state index in [1.54, 1.807) is 35.7 Å². The molecule has 0 atom stereocenters. The molecule has 2 rings (SSSR count). The predicted molar refractivity (Wildman–Crippen MR) is 95.6 cm³/mol. The lowest BCUT2D eigenvalue weighted by Crippen LogP contribution is -2.22. The molecule has 0 bridgehead atoms. The van der Waals surface area contributed by atoms with Crippen LogP contribution < -0.4 is 4.90 Å². The number of carbonyl (C=O) groups excluding carboxylic acids is 2. The number of carbonyl (C=O) groups is 2. The zero-order chi connectivity index (χ0) is 17.5. The lowest BCUT2D eigenvalue weighted by atomic mass is 10.3. The van der Waals surface area contributed by atoms with Crippen LogP contribution in [0.25, 0.3) is 0 Å². The maximum Gasteiger partial charge on any atom is 0.330 e. The van der Waals surface area contributed by atoms with Gasteiger partial charge in [0.25, 0.3) is 0 Å². The minimum atomic E-state index is -0.412. The number of amides is 1. The number of benzene rings is 1. The highest BCUT2D eigenvalue weighted by Gasteiger charge is 2.18. The first kappa shape index (κ1) is 18.2. The Morgan fingerprint density at radius 1 is 1.42 bits per heavy atom. The van der Waals surface area contributed by atoms with Gasteiger partial charge in [0.05, 0.1) is 11.4 Å². The van der Waals surface area contributed by atoms with Crippen LogP contribution in [0.15, 0.2) is 41.8 Å². The quantitative estimate of drug-likeness (QED) is 0.559. The highest BCUT2D eigenvalue weighted by Crippen LogP contribution is 2.30. The highest BCUT2D eigenvalue weighted by atomic mass is 35.5. The van der Waals surface area contributed by atoms with E-state index < -0.39 is 5.97 Å². The number of ether oxygens (including phenoxy) is 1. The molecule has 0 spiro atoms. The van der Waals surface area contributed by atoms with Gasteiger partial charge in [-0.3, -0.25) is 9.69 Å². The average Bonchev–Trinajstić information content (AvgIpc) is 2.99. The first-order valence-corrected chi connectivity index (χ1v) is 8.61. The summed E-state index contributed by atoms with van der Waals surface area (Å²) in [5, 5.41) is 2.79. The Balaban J connectivity index is 2.13. The number of aromatic nitrogens is 1. The van der Waals surface area contributed by atoms with Gasteiger partial charge in [0.2, 0.25) is 5.91 Å². The Bertz CT molecular complexity index is 758. The third-order valence-corrected chi connectivity index (χ3v) is 4.07. The standard InChI is InChI=1S/C17H17ClN2O3S/c1-3-4-8-16(22)23-10-14-11-24-17(19-14)20(12(2)21)15-7-5-6-13(18)9-15/h4-9,11H,3,10H2,1-2H3/b8-4+. The number of thiazole rings is 1. The number of nitrogens with zero attached hydrogens (tertiary/aromatic N) is 2. The molecule has 7 heteroatoms. The topological polar surface area (TPSA) is 59.5 Å². The van der Waals surface area contributed by atoms with E-state index in [1.165, 1.54) is 29.2 Å². The van der Waals surface area contributed by atoms with Crippen LogP contribution in [-0.2, 0) is 20.9 Å². The zero-order valence-corrected chi connectivity index (χ0v) is 14.9. The molecule has 1 aromatic heterocycles. The van der Waals surface area contributed by atoms with Crippen LogP contribution in [0.3, 0.4) is 0 Å². The van der Waals surface area contributed by atoms with E-state index >= 15 is 0 Å². The van der Waals surface area contributed by atoms with Crippen molar-refractivity contribution >= 4 is 45.6 Å². The number of rotatable bonds is 6. The van der Waals surface area contributed by atoms with Crippen LogP contribution in [-0.4, -0.2) is 16.9 Å². The Morgan fingerprint density at radius 3 is 2.88 bits per heavy atom. The molecule has 0 aliphatic heterocycles. The van der Waals surface area contributed by atoms with E-state index in [4.69, 9.17) is 16.3 Å². The minimum Gasteiger partial charge on any atom is -0.456 e. The number of hydrogen-bond donors (Lipinski definition) is 0. The third kappa shape index (κ3) is 4.91. The fourth-order valence-electron chi connectivity index (χ4n) is 1.91. The van der Waals surface area contributed by atoms with E-state index in [2.05, 4.69) is 4.98 Å². The predicted octanol–water partition coefficient (Wildman–Crippen LogP) is 4.49. The molecule has 1 amide bonds. The molecular weight excluding hydrogens is 348 g/mol. The van der Waals surface area contributed by atoms with Gasteiger partial charge in [0, 0.05) is 23.4 Å². The van der Waals surface area contributed by atoms with Crippen LogP contribution in [0.4, 0.5) is 10.8 Å². The van der Waals surface area contributed by atoms with Crippen LogP contribution in [0.1, 0.15) is 26.0 Å². The number of esters is 1. The van der Waals surface area contributed by atoms with Crippen LogP contribution in [0, 0.1) is 0 Å². The minimum absolute atomic E-state index is 0.0602. The molecule has 24 heavy (non-hydrogen) atoms. The number of hydrogen-bond acceptors (Lipinski definition) is 5. The molecule has 0 aliphatic carbocycles. The lowest BCUT2D eigenvalue weighted by Gasteiger charge is -2.18. The van der Waals surface area contributed by atoms with Gasteiger partial charge >= 0.3 is 5.97 Å². The second-order valence-electron chi connectivity index (χ2n) is 4.87. The molecule has 0 fully saturated rings. The van der Waals surface area contributed by atoms with Crippen molar-refractivity contribution in [3.8, 4) is 0 Å². The lowest BCUT2D eigenvalue weighted by molar-refractivity contribution is -0.139. The molecule has 0 saturated carbocycles. The van der Waals surface area contributed by atoms with Crippen molar-refractivity contribution in [3.05, 3.63) is 52.5 Å². The molecule has 0 saturated heterocycles. The van der Waals surface area contributed by atoms with E-state index in [9.17, 15) is 9.59 Å². The summed E-state index contributed by atoms with van der Waals surface area (Å²) >= 11 is 7.29. The summed E-state index contributed by atoms with van der Waals surface area (Å²) in [6, 6.07) is 6.98. The van der Waals surface area contributed by atoms with Gasteiger partial charge in [-0.1, -0.05) is 30.7 Å². The number of allylic oxidation sites excluding steroid dienone is 1. The molecule has 0 aliphatic rings. The first-order chi connectivity index (χ1) is 11.5. The monoisotopic (exact) mass is 364 g/mol. The number of anilines is 2. The molecule has 0 unspecified atom stereocenters. The summed E-state index contributed by atoms with van der Waals surface area (Å²) in [6.07, 6.45) is 3.88. The Morgan fingerprint density at radius 2 is 2.21 bits per heavy atom. The normalized spacial score (nSPS) is 10.8. The van der Waals surface area contributed by atoms with E-state index in [1.807, 2.05) is 6.92 Å². The smallest absolute Gasteiger partial charge is 0.330 e. The van der Waals surface area contributed by atoms with Gasteiger partial charge in [0.15, 0.2) is 5.13 Å². The molecule has 126 valence electrons. The molecule has 0 radical (unpaired) electrons. The summed E-state index contributed by atoms with van der Waals surface area (Å²) in [5.74, 6) is -0.592. The Labute approximate surface area is 149 Å². The van der Waals surface area contributed by atoms with Crippen LogP contribution in [0.5, 0.6) is 0 Å². The maximum atomic E-state index is 12.0. The Kier molecular flexibility index (Phi) is 6.52. The van der Waals surface area contributed by atoms with E-state index in [-0.39, 0.29) is 12.5 Å². The van der Waals surface area contributed by atoms with Crippen LogP contribution in [0.2, 0.25) is 5.02 Å². The van der Waals surface area contributed by atoms with Gasteiger partial charge in [-0.05, 0) is 24.6 Å². The fraction of sp³-hybridized carbons (Fsp3) is 0.235. The van der Waals surface area contributed by atoms with Crippen molar-refractivity contribution in [1.29, 1.82) is 0 Å². The van der Waals surface area contributed by atoms with Crippen molar-refractivity contribution in [2.24, 2.45) is 0 Å². The van der Waals surface area contributed by atoms with Crippen LogP contribution >= 0.6 is 22.9 Å². The second-order valence-corrected chi connectivity index (χ2v) is 6.15. The van der Waals surface area contributed by atoms with Gasteiger partial charge in [-0.25, -0.2) is 9.78 Å². The van der Waals surface area contributed by atoms with Crippen molar-refractivity contribution in [1.82, 2.24) is 4.98 Å². The average molecular weight is 365 g/mol. The molecular formula is C17H17ClN2O3S. The van der Waals surface area contributed by atoms with Crippen molar-refractivity contribution in [2.45, 2.75) is 26.9 Å². The summed E-state index contributed by atoms with van der Waals surface area (Å²) in [5.41, 5.74) is 1.22. The third-order valence-electron chi connectivity index (χ3n) is 2.96. The second kappa shape index (κ2) is 8.61. The van der Waals surface area contributed by atoms with E-state index in [0.717, 1.165) is 6.42 Å². The highest BCUT2D eigenvalue weighted by molar-refractivity contribution is 7.14. The van der Waals surface area contributed by atoms with E-state index in [0.29, 0.717) is 21.5 Å². The number of halogens is 1. The summed E-state index contributed by atoms with van der Waals surface area (Å²) in [4.78, 5) is 29.3. The molecule has 1 heterocycles. The SMILES string of the molecule is CC/C=C/C(=O)OCc1csc(N(C(C)=O)c2cccc(Cl)c2)n1. The van der Waals surface area contributed by atoms with Crippen molar-refractivity contribution in [3.63, 3.8) is 0 Å². The van der Waals surface area contributed by atoms with Crippen molar-refractivity contribution < 1.29 is 14.3 Å². The van der Waals surface area contributed by atoms with Gasteiger partial charge < -0.3 is 4.74 Å². The maximum absolute atomic E-state index is 12.0. The fourth-order valence-corrected chi connectivity index (χ4v) is 2.97. The Hall–Kier alpha value is -2.18. The molecule has 0 N–H and O–H groups in total. The zero-order valence-electron chi connectivity index (χ0n) is 13.4. The molecule has 5 nitrogen and oxygen atoms in total. The summed E-state index contributed by atoms with van der Waals surface area (Å²) < 4.78 is 5.10. The first-order valence-electron chi connectivity index (χ1n) is 7.35. The van der Waals surface area contributed by atoms with Gasteiger partial charge in [-0.15, -0.1) is 11.3 Å². The van der Waals surface area contributed by atoms with Gasteiger partial charge in [0.1, 0.15) is 6.61 Å². The largest absolute Gasteiger partial charge is 0.456 e.